The van der Waals surface area contributed by atoms with Crippen LogP contribution in [0.1, 0.15) is 0 Å². The number of fused-ring (bicyclic) bond motifs is 3. The van der Waals surface area contributed by atoms with Crippen LogP contribution in [0, 0.1) is 0 Å². The first-order valence-corrected chi connectivity index (χ1v) is 6.64. The summed E-state index contributed by atoms with van der Waals surface area (Å²) in [5.41, 5.74) is 3.24. The zero-order valence-electron chi connectivity index (χ0n) is 8.39. The van der Waals surface area contributed by atoms with Crippen molar-refractivity contribution in [3.05, 3.63) is 17.6 Å². The second kappa shape index (κ2) is 3.21. The van der Waals surface area contributed by atoms with E-state index in [0.29, 0.717) is 0 Å². The van der Waals surface area contributed by atoms with Crippen molar-refractivity contribution in [2.24, 2.45) is 7.05 Å². The number of hydrogen-bond donors (Lipinski definition) is 0. The maximum absolute atomic E-state index is 4.53. The number of imidazole rings is 1. The molecular formula is C10H9N3S2. The van der Waals surface area contributed by atoms with Crippen LogP contribution in [0.4, 0.5) is 0 Å². The van der Waals surface area contributed by atoms with E-state index in [-0.39, 0.29) is 0 Å². The number of thiophene rings is 1. The van der Waals surface area contributed by atoms with Gasteiger partial charge in [-0.3, -0.25) is 4.98 Å². The third-order valence-corrected chi connectivity index (χ3v) is 4.09. The van der Waals surface area contributed by atoms with Gasteiger partial charge in [-0.15, -0.1) is 11.3 Å². The van der Waals surface area contributed by atoms with E-state index in [1.54, 1.807) is 23.1 Å². The lowest BCUT2D eigenvalue weighted by molar-refractivity contribution is 0.819. The number of hydrogen-bond acceptors (Lipinski definition) is 4. The summed E-state index contributed by atoms with van der Waals surface area (Å²) in [7, 11) is 2.06. The van der Waals surface area contributed by atoms with E-state index in [0.717, 1.165) is 16.2 Å². The molecule has 0 aliphatic rings. The fourth-order valence-electron chi connectivity index (χ4n) is 1.75. The van der Waals surface area contributed by atoms with Crippen LogP contribution in [0.15, 0.2) is 22.8 Å². The Labute approximate surface area is 95.1 Å². The first-order valence-electron chi connectivity index (χ1n) is 4.54. The maximum atomic E-state index is 4.53. The van der Waals surface area contributed by atoms with E-state index in [1.807, 2.05) is 18.5 Å². The van der Waals surface area contributed by atoms with Gasteiger partial charge in [-0.2, -0.15) is 0 Å². The normalized spacial score (nSPS) is 11.6. The molecule has 0 aliphatic heterocycles. The quantitative estimate of drug-likeness (QED) is 0.608. The molecule has 5 heteroatoms. The second-order valence-electron chi connectivity index (χ2n) is 3.28. The Balaban J connectivity index is 2.55. The molecule has 0 atom stereocenters. The smallest absolute Gasteiger partial charge is 0.168 e. The fraction of sp³-hybridized carbons (Fsp3) is 0.200. The molecular weight excluding hydrogens is 226 g/mol. The molecule has 0 saturated carbocycles. The summed E-state index contributed by atoms with van der Waals surface area (Å²) >= 11 is 3.38. The highest BCUT2D eigenvalue weighted by molar-refractivity contribution is 7.98. The van der Waals surface area contributed by atoms with E-state index in [1.165, 1.54) is 10.2 Å². The van der Waals surface area contributed by atoms with Crippen LogP contribution in [0.5, 0.6) is 0 Å². The van der Waals surface area contributed by atoms with Gasteiger partial charge >= 0.3 is 0 Å². The Morgan fingerprint density at radius 2 is 2.27 bits per heavy atom. The fourth-order valence-corrected chi connectivity index (χ4v) is 3.23. The first kappa shape index (κ1) is 9.18. The molecule has 0 aliphatic carbocycles. The van der Waals surface area contributed by atoms with Crippen molar-refractivity contribution in [3.8, 4) is 0 Å². The molecule has 3 heterocycles. The van der Waals surface area contributed by atoms with Gasteiger partial charge < -0.3 is 4.57 Å². The van der Waals surface area contributed by atoms with Gasteiger partial charge in [0.25, 0.3) is 0 Å². The molecule has 0 saturated heterocycles. The zero-order valence-corrected chi connectivity index (χ0v) is 10.0. The van der Waals surface area contributed by atoms with Crippen molar-refractivity contribution >= 4 is 44.3 Å². The van der Waals surface area contributed by atoms with E-state index >= 15 is 0 Å². The van der Waals surface area contributed by atoms with E-state index in [2.05, 4.69) is 27.0 Å². The highest BCUT2D eigenvalue weighted by Gasteiger charge is 2.11. The molecule has 0 N–H and O–H groups in total. The number of nitrogens with zero attached hydrogens (tertiary/aromatic N) is 3. The summed E-state index contributed by atoms with van der Waals surface area (Å²) in [5, 5.41) is 3.11. The Morgan fingerprint density at radius 1 is 1.40 bits per heavy atom. The van der Waals surface area contributed by atoms with E-state index < -0.39 is 0 Å². The molecule has 3 rings (SSSR count). The molecule has 76 valence electrons. The Bertz CT molecular complexity index is 638. The van der Waals surface area contributed by atoms with Crippen LogP contribution in [0.3, 0.4) is 0 Å². The highest BCUT2D eigenvalue weighted by Crippen LogP contribution is 2.30. The lowest BCUT2D eigenvalue weighted by Crippen LogP contribution is -1.89. The predicted molar refractivity (Wildman–Crippen MR) is 65.7 cm³/mol. The monoisotopic (exact) mass is 235 g/mol. The number of aromatic nitrogens is 3. The molecule has 0 fully saturated rings. The SMILES string of the molecule is CSc1nc2cnc3ccsc3c2n1C. The minimum Gasteiger partial charge on any atom is -0.321 e. The van der Waals surface area contributed by atoms with Crippen LogP contribution < -0.4 is 0 Å². The third kappa shape index (κ3) is 1.20. The van der Waals surface area contributed by atoms with Gasteiger partial charge in [0, 0.05) is 7.05 Å². The first-order chi connectivity index (χ1) is 7.31. The topological polar surface area (TPSA) is 30.7 Å². The van der Waals surface area contributed by atoms with E-state index in [4.69, 9.17) is 0 Å². The minimum absolute atomic E-state index is 0.983. The van der Waals surface area contributed by atoms with Crippen molar-refractivity contribution in [1.29, 1.82) is 0 Å². The molecule has 15 heavy (non-hydrogen) atoms. The van der Waals surface area contributed by atoms with Gasteiger partial charge in [0.15, 0.2) is 5.16 Å². The van der Waals surface area contributed by atoms with Gasteiger partial charge in [0.1, 0.15) is 5.52 Å². The molecule has 0 bridgehead atoms. The predicted octanol–water partition coefficient (Wildman–Crippen LogP) is 2.90. The lowest BCUT2D eigenvalue weighted by atomic mass is 10.3. The lowest BCUT2D eigenvalue weighted by Gasteiger charge is -1.98. The van der Waals surface area contributed by atoms with Crippen LogP contribution in [0.2, 0.25) is 0 Å². The minimum atomic E-state index is 0.983. The average molecular weight is 235 g/mol. The van der Waals surface area contributed by atoms with Gasteiger partial charge in [0.2, 0.25) is 0 Å². The molecule has 0 unspecified atom stereocenters. The number of rotatable bonds is 1. The summed E-state index contributed by atoms with van der Waals surface area (Å²) in [6.07, 6.45) is 3.89. The summed E-state index contributed by atoms with van der Waals surface area (Å²) in [6, 6.07) is 2.05. The number of aryl methyl sites for hydroxylation is 1. The van der Waals surface area contributed by atoms with Crippen molar-refractivity contribution < 1.29 is 0 Å². The number of pyridine rings is 1. The molecule has 0 aromatic carbocycles. The Hall–Kier alpha value is -1.07. The standard InChI is InChI=1S/C10H9N3S2/c1-13-8-7(12-10(13)14-2)5-11-6-3-4-15-9(6)8/h3-5H,1-2H3. The van der Waals surface area contributed by atoms with Crippen LogP contribution in [-0.2, 0) is 7.05 Å². The van der Waals surface area contributed by atoms with Crippen LogP contribution in [-0.4, -0.2) is 20.8 Å². The van der Waals surface area contributed by atoms with Crippen molar-refractivity contribution in [2.75, 3.05) is 6.26 Å². The van der Waals surface area contributed by atoms with E-state index in [9.17, 15) is 0 Å². The second-order valence-corrected chi connectivity index (χ2v) is 4.97. The summed E-state index contributed by atoms with van der Waals surface area (Å²) in [5.74, 6) is 0. The van der Waals surface area contributed by atoms with Crippen molar-refractivity contribution in [2.45, 2.75) is 5.16 Å². The Kier molecular flexibility index (Phi) is 1.97. The van der Waals surface area contributed by atoms with Crippen molar-refractivity contribution in [1.82, 2.24) is 14.5 Å². The average Bonchev–Trinajstić information content (AvgIpc) is 2.81. The molecule has 3 aromatic heterocycles. The summed E-state index contributed by atoms with van der Waals surface area (Å²) in [6.45, 7) is 0. The number of thioether (sulfide) groups is 1. The van der Waals surface area contributed by atoms with Crippen LogP contribution in [0.25, 0.3) is 21.3 Å². The van der Waals surface area contributed by atoms with Crippen LogP contribution >= 0.6 is 23.1 Å². The third-order valence-electron chi connectivity index (χ3n) is 2.45. The summed E-state index contributed by atoms with van der Waals surface area (Å²) in [4.78, 5) is 8.91. The molecule has 0 amide bonds. The van der Waals surface area contributed by atoms with Gasteiger partial charge in [0.05, 0.1) is 21.9 Å². The molecule has 0 radical (unpaired) electrons. The van der Waals surface area contributed by atoms with Crippen molar-refractivity contribution in [3.63, 3.8) is 0 Å². The van der Waals surface area contributed by atoms with Gasteiger partial charge in [-0.25, -0.2) is 4.98 Å². The molecule has 0 spiro atoms. The highest BCUT2D eigenvalue weighted by atomic mass is 32.2. The van der Waals surface area contributed by atoms with Gasteiger partial charge in [-0.05, 0) is 17.7 Å². The Morgan fingerprint density at radius 3 is 3.07 bits per heavy atom. The largest absolute Gasteiger partial charge is 0.321 e. The van der Waals surface area contributed by atoms with Gasteiger partial charge in [-0.1, -0.05) is 11.8 Å². The summed E-state index contributed by atoms with van der Waals surface area (Å²) < 4.78 is 3.36. The maximum Gasteiger partial charge on any atom is 0.168 e. The molecule has 3 nitrogen and oxygen atoms in total. The molecule has 3 aromatic rings. The zero-order chi connectivity index (χ0) is 10.4.